The van der Waals surface area contributed by atoms with Gasteiger partial charge in [-0.3, -0.25) is 14.1 Å². The van der Waals surface area contributed by atoms with Gasteiger partial charge >= 0.3 is 0 Å². The molecule has 2 heterocycles. The molecule has 0 spiro atoms. The molecular formula is C27H24Cl2N4O3S. The number of rotatable bonds is 8. The second-order valence-electron chi connectivity index (χ2n) is 8.68. The van der Waals surface area contributed by atoms with Crippen molar-refractivity contribution in [3.63, 3.8) is 0 Å². The number of sulfonamides is 1. The molecule has 0 saturated heterocycles. The molecule has 1 amide bonds. The molecule has 4 aromatic rings. The number of carbonyl (C=O) groups excluding carboxylic acids is 1. The van der Waals surface area contributed by atoms with Gasteiger partial charge in [-0.15, -0.1) is 0 Å². The quantitative estimate of drug-likeness (QED) is 0.279. The van der Waals surface area contributed by atoms with Crippen LogP contribution in [0.5, 0.6) is 0 Å². The summed E-state index contributed by atoms with van der Waals surface area (Å²) in [6.45, 7) is 1.49. The Morgan fingerprint density at radius 1 is 0.946 bits per heavy atom. The molecule has 190 valence electrons. The fourth-order valence-electron chi connectivity index (χ4n) is 4.39. The average Bonchev–Trinajstić information content (AvgIpc) is 3.33. The van der Waals surface area contributed by atoms with Crippen LogP contribution in [-0.2, 0) is 16.4 Å². The van der Waals surface area contributed by atoms with Crippen molar-refractivity contribution in [1.82, 2.24) is 10.3 Å². The van der Waals surface area contributed by atoms with E-state index in [4.69, 9.17) is 23.2 Å². The van der Waals surface area contributed by atoms with Crippen molar-refractivity contribution in [3.8, 4) is 0 Å². The number of halogens is 2. The Morgan fingerprint density at radius 3 is 2.54 bits per heavy atom. The van der Waals surface area contributed by atoms with E-state index in [1.807, 2.05) is 24.3 Å². The summed E-state index contributed by atoms with van der Waals surface area (Å²) in [6.07, 6.45) is 3.00. The molecule has 0 atom stereocenters. The molecule has 1 aliphatic heterocycles. The lowest BCUT2D eigenvalue weighted by Crippen LogP contribution is -2.29. The smallest absolute Gasteiger partial charge is 0.264 e. The maximum Gasteiger partial charge on any atom is 0.264 e. The molecular weight excluding hydrogens is 531 g/mol. The number of amides is 1. The number of nitrogens with zero attached hydrogens (tertiary/aromatic N) is 2. The molecule has 0 radical (unpaired) electrons. The minimum atomic E-state index is -3.70. The van der Waals surface area contributed by atoms with E-state index in [1.165, 1.54) is 16.4 Å². The third-order valence-corrected chi connectivity index (χ3v) is 8.57. The van der Waals surface area contributed by atoms with Gasteiger partial charge in [0, 0.05) is 52.5 Å². The molecule has 5 rings (SSSR count). The molecule has 0 unspecified atom stereocenters. The predicted molar refractivity (Wildman–Crippen MR) is 148 cm³/mol. The van der Waals surface area contributed by atoms with Crippen LogP contribution in [-0.4, -0.2) is 38.9 Å². The monoisotopic (exact) mass is 554 g/mol. The van der Waals surface area contributed by atoms with E-state index in [1.54, 1.807) is 36.5 Å². The third-order valence-electron chi connectivity index (χ3n) is 6.26. The third kappa shape index (κ3) is 5.37. The maximum atomic E-state index is 13.1. The number of pyridine rings is 1. The van der Waals surface area contributed by atoms with Crippen LogP contribution in [0.1, 0.15) is 22.3 Å². The first-order valence-electron chi connectivity index (χ1n) is 11.8. The zero-order valence-corrected chi connectivity index (χ0v) is 22.1. The molecule has 0 aliphatic carbocycles. The Kier molecular flexibility index (Phi) is 7.24. The Morgan fingerprint density at radius 2 is 1.73 bits per heavy atom. The Balaban J connectivity index is 1.17. The van der Waals surface area contributed by atoms with E-state index in [2.05, 4.69) is 15.6 Å². The average molecular weight is 555 g/mol. The first-order chi connectivity index (χ1) is 17.8. The molecule has 0 fully saturated rings. The van der Waals surface area contributed by atoms with Crippen molar-refractivity contribution in [3.05, 3.63) is 94.1 Å². The van der Waals surface area contributed by atoms with E-state index < -0.39 is 10.0 Å². The normalized spacial score (nSPS) is 13.0. The number of benzene rings is 3. The number of fused-ring (bicyclic) bond motifs is 2. The van der Waals surface area contributed by atoms with Crippen LogP contribution in [0, 0.1) is 0 Å². The Labute approximate surface area is 225 Å². The van der Waals surface area contributed by atoms with Crippen LogP contribution in [0.2, 0.25) is 10.0 Å². The summed E-state index contributed by atoms with van der Waals surface area (Å²) in [6, 6.07) is 18.8. The molecule has 0 saturated carbocycles. The molecule has 1 aliphatic rings. The van der Waals surface area contributed by atoms with E-state index in [0.717, 1.165) is 28.6 Å². The van der Waals surface area contributed by atoms with E-state index in [-0.39, 0.29) is 10.8 Å². The van der Waals surface area contributed by atoms with Gasteiger partial charge in [0.25, 0.3) is 15.9 Å². The van der Waals surface area contributed by atoms with Crippen molar-refractivity contribution in [2.45, 2.75) is 17.7 Å². The van der Waals surface area contributed by atoms with Crippen molar-refractivity contribution in [2.24, 2.45) is 0 Å². The summed E-state index contributed by atoms with van der Waals surface area (Å²) < 4.78 is 27.6. The molecule has 10 heteroatoms. The summed E-state index contributed by atoms with van der Waals surface area (Å²) in [4.78, 5) is 17.2. The van der Waals surface area contributed by atoms with Gasteiger partial charge in [0.05, 0.1) is 16.1 Å². The second kappa shape index (κ2) is 10.6. The topological polar surface area (TPSA) is 91.4 Å². The fourth-order valence-corrected chi connectivity index (χ4v) is 6.18. The van der Waals surface area contributed by atoms with Crippen molar-refractivity contribution in [1.29, 1.82) is 0 Å². The van der Waals surface area contributed by atoms with Gasteiger partial charge in [0.1, 0.15) is 0 Å². The minimum Gasteiger partial charge on any atom is -0.384 e. The fraction of sp³-hybridized carbons (Fsp3) is 0.185. The first-order valence-corrected chi connectivity index (χ1v) is 14.0. The lowest BCUT2D eigenvalue weighted by Gasteiger charge is -2.19. The van der Waals surface area contributed by atoms with Gasteiger partial charge < -0.3 is 10.6 Å². The summed E-state index contributed by atoms with van der Waals surface area (Å²) in [7, 11) is -3.70. The lowest BCUT2D eigenvalue weighted by atomic mass is 10.1. The highest BCUT2D eigenvalue weighted by Crippen LogP contribution is 2.34. The van der Waals surface area contributed by atoms with Gasteiger partial charge in [-0.2, -0.15) is 0 Å². The van der Waals surface area contributed by atoms with Gasteiger partial charge in [-0.25, -0.2) is 8.42 Å². The largest absolute Gasteiger partial charge is 0.384 e. The maximum absolute atomic E-state index is 13.1. The minimum absolute atomic E-state index is 0.184. The molecule has 2 N–H and O–H groups in total. The summed E-state index contributed by atoms with van der Waals surface area (Å²) in [5.74, 6) is -0.189. The van der Waals surface area contributed by atoms with Crippen molar-refractivity contribution < 1.29 is 13.2 Å². The second-order valence-corrected chi connectivity index (χ2v) is 11.4. The number of hydrogen-bond donors (Lipinski definition) is 2. The number of hydrogen-bond acceptors (Lipinski definition) is 5. The molecule has 37 heavy (non-hydrogen) atoms. The Bertz CT molecular complexity index is 1580. The zero-order chi connectivity index (χ0) is 26.0. The Hall–Kier alpha value is -3.33. The number of anilines is 2. The van der Waals surface area contributed by atoms with E-state index >= 15 is 0 Å². The van der Waals surface area contributed by atoms with E-state index in [9.17, 15) is 13.2 Å². The van der Waals surface area contributed by atoms with E-state index in [0.29, 0.717) is 47.4 Å². The highest BCUT2D eigenvalue weighted by Gasteiger charge is 2.31. The van der Waals surface area contributed by atoms with Gasteiger partial charge in [-0.05, 0) is 85.1 Å². The van der Waals surface area contributed by atoms with Crippen molar-refractivity contribution >= 4 is 61.4 Å². The van der Waals surface area contributed by atoms with Crippen LogP contribution in [0.25, 0.3) is 10.9 Å². The summed E-state index contributed by atoms with van der Waals surface area (Å²) in [5.41, 5.74) is 3.72. The molecule has 1 aromatic heterocycles. The van der Waals surface area contributed by atoms with Crippen LogP contribution < -0.4 is 14.9 Å². The van der Waals surface area contributed by atoms with Gasteiger partial charge in [0.2, 0.25) is 0 Å². The van der Waals surface area contributed by atoms with Crippen LogP contribution in [0.3, 0.4) is 0 Å². The SMILES string of the molecule is O=C(NCCCNc1ccnc2cc(Cl)ccc12)c1ccc2c(c1)CCN2S(=O)(=O)c1ccc(Cl)cc1. The van der Waals surface area contributed by atoms with Gasteiger partial charge in [-0.1, -0.05) is 23.2 Å². The number of nitrogens with one attached hydrogen (secondary N) is 2. The summed E-state index contributed by atoms with van der Waals surface area (Å²) in [5, 5.41) is 8.43. The highest BCUT2D eigenvalue weighted by atomic mass is 35.5. The summed E-state index contributed by atoms with van der Waals surface area (Å²) >= 11 is 12.0. The number of aromatic nitrogens is 1. The van der Waals surface area contributed by atoms with Crippen LogP contribution in [0.4, 0.5) is 11.4 Å². The zero-order valence-electron chi connectivity index (χ0n) is 19.7. The first kappa shape index (κ1) is 25.3. The molecule has 7 nitrogen and oxygen atoms in total. The predicted octanol–water partition coefficient (Wildman–Crippen LogP) is 5.53. The van der Waals surface area contributed by atoms with Crippen molar-refractivity contribution in [2.75, 3.05) is 29.3 Å². The molecule has 0 bridgehead atoms. The standard InChI is InChI=1S/C27H24Cl2N4O3S/c28-20-3-6-22(7-4-20)37(35,36)33-15-11-18-16-19(2-9-26(18)33)27(34)32-13-1-12-30-24-10-14-31-25-17-21(29)5-8-23(24)25/h2-10,14,16-17H,1,11-13,15H2,(H,30,31)(H,32,34). The highest BCUT2D eigenvalue weighted by molar-refractivity contribution is 7.92. The van der Waals surface area contributed by atoms with Crippen LogP contribution in [0.15, 0.2) is 77.8 Å². The number of carbonyl (C=O) groups is 1. The molecule has 3 aromatic carbocycles. The van der Waals surface area contributed by atoms with Crippen LogP contribution >= 0.6 is 23.2 Å². The lowest BCUT2D eigenvalue weighted by molar-refractivity contribution is 0.0953. The van der Waals surface area contributed by atoms with Gasteiger partial charge in [0.15, 0.2) is 0 Å².